The molecule has 0 saturated heterocycles. The van der Waals surface area contributed by atoms with Crippen molar-refractivity contribution in [2.75, 3.05) is 7.11 Å². The Labute approximate surface area is 197 Å². The fourth-order valence-corrected chi connectivity index (χ4v) is 2.81. The molecule has 12 heteroatoms. The van der Waals surface area contributed by atoms with E-state index in [9.17, 15) is 24.3 Å². The summed E-state index contributed by atoms with van der Waals surface area (Å²) in [7, 11) is 1.14. The SMILES string of the molecule is COC(=O)OC(C)CC(c1ccc(OC(=O)OC(C)C)c(OC(=O)OC(C)C)c1)[C@H](N)C(=O)O. The van der Waals surface area contributed by atoms with E-state index in [2.05, 4.69) is 4.74 Å². The highest BCUT2D eigenvalue weighted by Crippen LogP contribution is 2.35. The van der Waals surface area contributed by atoms with Gasteiger partial charge in [0.2, 0.25) is 0 Å². The molecule has 0 aliphatic rings. The van der Waals surface area contributed by atoms with Gasteiger partial charge < -0.3 is 39.3 Å². The van der Waals surface area contributed by atoms with Crippen LogP contribution >= 0.6 is 0 Å². The van der Waals surface area contributed by atoms with Crippen molar-refractivity contribution >= 4 is 24.4 Å². The van der Waals surface area contributed by atoms with Gasteiger partial charge in [-0.1, -0.05) is 6.07 Å². The van der Waals surface area contributed by atoms with Crippen molar-refractivity contribution < 1.29 is 52.7 Å². The molecule has 12 nitrogen and oxygen atoms in total. The Morgan fingerprint density at radius 1 is 0.853 bits per heavy atom. The highest BCUT2D eigenvalue weighted by atomic mass is 16.8. The van der Waals surface area contributed by atoms with Gasteiger partial charge in [0.15, 0.2) is 11.5 Å². The van der Waals surface area contributed by atoms with E-state index < -0.39 is 54.7 Å². The number of carbonyl (C=O) groups is 4. The maximum Gasteiger partial charge on any atom is 0.514 e. The molecule has 0 saturated carbocycles. The number of carboxylic acids is 1. The van der Waals surface area contributed by atoms with Crippen molar-refractivity contribution in [1.29, 1.82) is 0 Å². The Balaban J connectivity index is 3.35. The fourth-order valence-electron chi connectivity index (χ4n) is 2.81. The number of hydrogen-bond donors (Lipinski definition) is 2. The third-order valence-corrected chi connectivity index (χ3v) is 4.21. The first-order valence-corrected chi connectivity index (χ1v) is 10.5. The van der Waals surface area contributed by atoms with Gasteiger partial charge in [-0.3, -0.25) is 4.79 Å². The number of aliphatic carboxylic acids is 1. The van der Waals surface area contributed by atoms with Crippen LogP contribution in [0.1, 0.15) is 52.5 Å². The highest BCUT2D eigenvalue weighted by Gasteiger charge is 2.30. The molecule has 0 aliphatic carbocycles. The molecule has 2 unspecified atom stereocenters. The van der Waals surface area contributed by atoms with Gasteiger partial charge in [0.1, 0.15) is 12.1 Å². The van der Waals surface area contributed by atoms with Crippen LogP contribution < -0.4 is 15.2 Å². The summed E-state index contributed by atoms with van der Waals surface area (Å²) < 4.78 is 29.7. The van der Waals surface area contributed by atoms with E-state index >= 15 is 0 Å². The normalized spacial score (nSPS) is 13.4. The largest absolute Gasteiger partial charge is 0.514 e. The topological polar surface area (TPSA) is 170 Å². The van der Waals surface area contributed by atoms with Crippen LogP contribution in [0.5, 0.6) is 11.5 Å². The highest BCUT2D eigenvalue weighted by molar-refractivity contribution is 5.75. The molecule has 0 amide bonds. The maximum atomic E-state index is 12.1. The fraction of sp³-hybridized carbons (Fsp3) is 0.545. The first kappa shape index (κ1) is 28.5. The lowest BCUT2D eigenvalue weighted by Gasteiger charge is -2.25. The molecular formula is C22H31NO11. The molecular weight excluding hydrogens is 454 g/mol. The van der Waals surface area contributed by atoms with Crippen molar-refractivity contribution in [3.8, 4) is 11.5 Å². The zero-order valence-corrected chi connectivity index (χ0v) is 19.9. The van der Waals surface area contributed by atoms with Crippen LogP contribution in [0.3, 0.4) is 0 Å². The maximum absolute atomic E-state index is 12.1. The van der Waals surface area contributed by atoms with Crippen molar-refractivity contribution in [3.63, 3.8) is 0 Å². The van der Waals surface area contributed by atoms with Gasteiger partial charge in [-0.2, -0.15) is 0 Å². The summed E-state index contributed by atoms with van der Waals surface area (Å²) in [6, 6.07) is 2.62. The number of rotatable bonds is 10. The molecule has 0 bridgehead atoms. The van der Waals surface area contributed by atoms with Crippen LogP contribution in [0.25, 0.3) is 0 Å². The van der Waals surface area contributed by atoms with Crippen LogP contribution in [0.15, 0.2) is 18.2 Å². The molecule has 1 rings (SSSR count). The lowest BCUT2D eigenvalue weighted by molar-refractivity contribution is -0.139. The monoisotopic (exact) mass is 485 g/mol. The van der Waals surface area contributed by atoms with Gasteiger partial charge in [0.05, 0.1) is 19.3 Å². The number of carbonyl (C=O) groups excluding carboxylic acids is 3. The lowest BCUT2D eigenvalue weighted by Crippen LogP contribution is -2.38. The zero-order chi connectivity index (χ0) is 26.0. The van der Waals surface area contributed by atoms with E-state index in [-0.39, 0.29) is 17.9 Å². The number of hydrogen-bond acceptors (Lipinski definition) is 11. The number of nitrogens with two attached hydrogens (primary N) is 1. The zero-order valence-electron chi connectivity index (χ0n) is 19.9. The minimum absolute atomic E-state index is 0.00591. The van der Waals surface area contributed by atoms with E-state index in [1.165, 1.54) is 25.1 Å². The molecule has 3 atom stereocenters. The van der Waals surface area contributed by atoms with Gasteiger partial charge in [-0.25, -0.2) is 14.4 Å². The first-order valence-electron chi connectivity index (χ1n) is 10.5. The number of methoxy groups -OCH3 is 1. The summed E-state index contributed by atoms with van der Waals surface area (Å²) in [4.78, 5) is 47.1. The summed E-state index contributed by atoms with van der Waals surface area (Å²) in [6.07, 6.45) is -4.78. The Bertz CT molecular complexity index is 868. The molecule has 0 aromatic heterocycles. The van der Waals surface area contributed by atoms with Gasteiger partial charge >= 0.3 is 24.4 Å². The molecule has 0 heterocycles. The van der Waals surface area contributed by atoms with Gasteiger partial charge in [-0.05, 0) is 58.7 Å². The van der Waals surface area contributed by atoms with Crippen molar-refractivity contribution in [2.24, 2.45) is 5.73 Å². The van der Waals surface area contributed by atoms with Gasteiger partial charge in [-0.15, -0.1) is 0 Å². The molecule has 0 spiro atoms. The lowest BCUT2D eigenvalue weighted by atomic mass is 9.87. The summed E-state index contributed by atoms with van der Waals surface area (Å²) in [5.74, 6) is -2.60. The van der Waals surface area contributed by atoms with Crippen molar-refractivity contribution in [1.82, 2.24) is 0 Å². The summed E-state index contributed by atoms with van der Waals surface area (Å²) >= 11 is 0. The second kappa shape index (κ2) is 13.2. The molecule has 34 heavy (non-hydrogen) atoms. The van der Waals surface area contributed by atoms with E-state index in [1.807, 2.05) is 0 Å². The third-order valence-electron chi connectivity index (χ3n) is 4.21. The molecule has 0 aliphatic heterocycles. The molecule has 0 fully saturated rings. The van der Waals surface area contributed by atoms with E-state index in [0.29, 0.717) is 5.56 Å². The molecule has 3 N–H and O–H groups in total. The van der Waals surface area contributed by atoms with Gasteiger partial charge in [0, 0.05) is 5.92 Å². The second-order valence-electron chi connectivity index (χ2n) is 7.83. The predicted octanol–water partition coefficient (Wildman–Crippen LogP) is 3.59. The Kier molecular flexibility index (Phi) is 11.1. The number of ether oxygens (including phenoxy) is 6. The van der Waals surface area contributed by atoms with E-state index in [0.717, 1.165) is 7.11 Å². The molecule has 190 valence electrons. The first-order chi connectivity index (χ1) is 15.8. The Morgan fingerprint density at radius 2 is 1.38 bits per heavy atom. The van der Waals surface area contributed by atoms with E-state index in [1.54, 1.807) is 27.7 Å². The van der Waals surface area contributed by atoms with Crippen LogP contribution in [-0.2, 0) is 23.7 Å². The quantitative estimate of drug-likeness (QED) is 0.281. The average molecular weight is 485 g/mol. The number of carboxylic acid groups (broad SMARTS) is 1. The van der Waals surface area contributed by atoms with Crippen molar-refractivity contribution in [3.05, 3.63) is 23.8 Å². The Hall–Kier alpha value is -3.54. The van der Waals surface area contributed by atoms with Crippen LogP contribution in [-0.4, -0.2) is 61.0 Å². The van der Waals surface area contributed by atoms with E-state index in [4.69, 9.17) is 29.4 Å². The predicted molar refractivity (Wildman–Crippen MR) is 117 cm³/mol. The molecule has 1 aromatic carbocycles. The molecule has 0 radical (unpaired) electrons. The van der Waals surface area contributed by atoms with Crippen LogP contribution in [0.4, 0.5) is 14.4 Å². The second-order valence-corrected chi connectivity index (χ2v) is 7.83. The minimum Gasteiger partial charge on any atom is -0.480 e. The summed E-state index contributed by atoms with van der Waals surface area (Å²) in [5, 5.41) is 9.48. The summed E-state index contributed by atoms with van der Waals surface area (Å²) in [5.41, 5.74) is 6.20. The minimum atomic E-state index is -1.41. The smallest absolute Gasteiger partial charge is 0.480 e. The van der Waals surface area contributed by atoms with Gasteiger partial charge in [0.25, 0.3) is 0 Å². The van der Waals surface area contributed by atoms with Crippen LogP contribution in [0, 0.1) is 0 Å². The summed E-state index contributed by atoms with van der Waals surface area (Å²) in [6.45, 7) is 8.00. The number of benzene rings is 1. The van der Waals surface area contributed by atoms with Crippen molar-refractivity contribution in [2.45, 2.75) is 71.3 Å². The average Bonchev–Trinajstić information content (AvgIpc) is 2.71. The Morgan fingerprint density at radius 3 is 1.85 bits per heavy atom. The third kappa shape index (κ3) is 9.53. The molecule has 1 aromatic rings. The van der Waals surface area contributed by atoms with Crippen LogP contribution in [0.2, 0.25) is 0 Å². The standard InChI is InChI=1S/C22H31NO11/c1-11(2)30-21(27)33-16-8-7-14(10-17(16)34-22(28)31-12(3)4)15(18(23)19(24)25)9-13(5)32-20(26)29-6/h7-8,10-13,15,18H,9,23H2,1-6H3,(H,24,25)/t13?,15?,18-/m0/s1.